The first kappa shape index (κ1) is 13.0. The molecular weight excluding hydrogens is 230 g/mol. The predicted octanol–water partition coefficient (Wildman–Crippen LogP) is 1.18. The number of carbonyl (C=O) groups is 1. The molecule has 3 N–H and O–H groups in total. The molecule has 4 nitrogen and oxygen atoms in total. The van der Waals surface area contributed by atoms with Gasteiger partial charge in [-0.2, -0.15) is 0 Å². The van der Waals surface area contributed by atoms with Gasteiger partial charge in [-0.1, -0.05) is 23.7 Å². The lowest BCUT2D eigenvalue weighted by atomic mass is 10.1. The van der Waals surface area contributed by atoms with Gasteiger partial charge in [0.15, 0.2) is 0 Å². The predicted molar refractivity (Wildman–Crippen MR) is 61.5 cm³/mol. The Bertz CT molecular complexity index is 381. The molecule has 0 saturated carbocycles. The van der Waals surface area contributed by atoms with Crippen molar-refractivity contribution in [1.82, 2.24) is 5.32 Å². The van der Waals surface area contributed by atoms with Crippen molar-refractivity contribution in [2.24, 2.45) is 0 Å². The first-order valence-electron chi connectivity index (χ1n) is 4.86. The zero-order valence-corrected chi connectivity index (χ0v) is 9.66. The van der Waals surface area contributed by atoms with Crippen LogP contribution in [0.1, 0.15) is 11.1 Å². The van der Waals surface area contributed by atoms with Crippen LogP contribution < -0.4 is 5.32 Å². The molecule has 16 heavy (non-hydrogen) atoms. The number of aliphatic carboxylic acids is 1. The van der Waals surface area contributed by atoms with E-state index in [0.717, 1.165) is 11.1 Å². The second-order valence-corrected chi connectivity index (χ2v) is 3.95. The molecule has 0 bridgehead atoms. The van der Waals surface area contributed by atoms with Gasteiger partial charge in [0.25, 0.3) is 0 Å². The van der Waals surface area contributed by atoms with Crippen molar-refractivity contribution in [2.45, 2.75) is 19.5 Å². The van der Waals surface area contributed by atoms with Crippen LogP contribution in [-0.4, -0.2) is 28.8 Å². The van der Waals surface area contributed by atoms with Crippen LogP contribution in [0.3, 0.4) is 0 Å². The minimum Gasteiger partial charge on any atom is -0.480 e. The number of halogens is 1. The fraction of sp³-hybridized carbons (Fsp3) is 0.364. The minimum absolute atomic E-state index is 0.359. The van der Waals surface area contributed by atoms with Gasteiger partial charge >= 0.3 is 5.97 Å². The number of aliphatic hydroxyl groups excluding tert-OH is 1. The van der Waals surface area contributed by atoms with Gasteiger partial charge in [0.2, 0.25) is 0 Å². The number of benzene rings is 1. The Kier molecular flexibility index (Phi) is 4.73. The second kappa shape index (κ2) is 5.84. The van der Waals surface area contributed by atoms with Crippen LogP contribution in [0.4, 0.5) is 0 Å². The maximum Gasteiger partial charge on any atom is 0.323 e. The highest BCUT2D eigenvalue weighted by molar-refractivity contribution is 6.31. The number of aryl methyl sites for hydroxylation is 1. The summed E-state index contributed by atoms with van der Waals surface area (Å²) in [5, 5.41) is 20.9. The molecule has 0 aliphatic rings. The third-order valence-electron chi connectivity index (χ3n) is 2.27. The fourth-order valence-corrected chi connectivity index (χ4v) is 1.42. The van der Waals surface area contributed by atoms with Gasteiger partial charge < -0.3 is 10.2 Å². The summed E-state index contributed by atoms with van der Waals surface area (Å²) in [6.45, 7) is 1.82. The van der Waals surface area contributed by atoms with Crippen LogP contribution >= 0.6 is 11.6 Å². The van der Waals surface area contributed by atoms with Gasteiger partial charge in [0.1, 0.15) is 6.04 Å². The standard InChI is InChI=1S/C11H14ClNO3/c1-7-2-3-8(4-9(7)12)5-13-10(6-14)11(15)16/h2-4,10,13-14H,5-6H2,1H3,(H,15,16)/t10-/m0/s1. The molecule has 0 aromatic heterocycles. The lowest BCUT2D eigenvalue weighted by Gasteiger charge is -2.11. The molecule has 1 aromatic rings. The van der Waals surface area contributed by atoms with Crippen molar-refractivity contribution < 1.29 is 15.0 Å². The normalized spacial score (nSPS) is 12.4. The molecule has 5 heteroatoms. The largest absolute Gasteiger partial charge is 0.480 e. The van der Waals surface area contributed by atoms with Crippen molar-refractivity contribution in [3.63, 3.8) is 0 Å². The fourth-order valence-electron chi connectivity index (χ4n) is 1.22. The number of carboxylic acids is 1. The molecule has 0 spiro atoms. The zero-order valence-electron chi connectivity index (χ0n) is 8.90. The van der Waals surface area contributed by atoms with Crippen LogP contribution in [-0.2, 0) is 11.3 Å². The summed E-state index contributed by atoms with van der Waals surface area (Å²) in [7, 11) is 0. The highest BCUT2D eigenvalue weighted by atomic mass is 35.5. The third-order valence-corrected chi connectivity index (χ3v) is 2.68. The Morgan fingerprint density at radius 1 is 1.56 bits per heavy atom. The van der Waals surface area contributed by atoms with E-state index >= 15 is 0 Å². The van der Waals surface area contributed by atoms with Crippen LogP contribution in [0.15, 0.2) is 18.2 Å². The molecule has 1 rings (SSSR count). The molecule has 0 saturated heterocycles. The van der Waals surface area contributed by atoms with Gasteiger partial charge in [-0.15, -0.1) is 0 Å². The van der Waals surface area contributed by atoms with E-state index in [4.69, 9.17) is 21.8 Å². The van der Waals surface area contributed by atoms with E-state index in [1.807, 2.05) is 19.1 Å². The quantitative estimate of drug-likeness (QED) is 0.727. The van der Waals surface area contributed by atoms with Crippen molar-refractivity contribution >= 4 is 17.6 Å². The van der Waals surface area contributed by atoms with E-state index < -0.39 is 18.6 Å². The lowest BCUT2D eigenvalue weighted by molar-refractivity contribution is -0.140. The van der Waals surface area contributed by atoms with Crippen LogP contribution in [0.25, 0.3) is 0 Å². The first-order valence-corrected chi connectivity index (χ1v) is 5.24. The molecule has 88 valence electrons. The Labute approximate surface area is 98.9 Å². The van der Waals surface area contributed by atoms with E-state index in [2.05, 4.69) is 5.32 Å². The molecule has 0 fully saturated rings. The Morgan fingerprint density at radius 2 is 2.25 bits per heavy atom. The summed E-state index contributed by atoms with van der Waals surface area (Å²) < 4.78 is 0. The smallest absolute Gasteiger partial charge is 0.323 e. The molecule has 0 aliphatic heterocycles. The Hall–Kier alpha value is -1.10. The zero-order chi connectivity index (χ0) is 12.1. The van der Waals surface area contributed by atoms with Crippen molar-refractivity contribution in [1.29, 1.82) is 0 Å². The second-order valence-electron chi connectivity index (χ2n) is 3.54. The highest BCUT2D eigenvalue weighted by Gasteiger charge is 2.14. The molecule has 1 atom stereocenters. The monoisotopic (exact) mass is 243 g/mol. The topological polar surface area (TPSA) is 69.6 Å². The number of hydrogen-bond acceptors (Lipinski definition) is 3. The maximum absolute atomic E-state index is 10.6. The van der Waals surface area contributed by atoms with Crippen LogP contribution in [0, 0.1) is 6.92 Å². The van der Waals surface area contributed by atoms with Gasteiger partial charge in [0, 0.05) is 11.6 Å². The summed E-state index contributed by atoms with van der Waals surface area (Å²) >= 11 is 5.93. The summed E-state index contributed by atoms with van der Waals surface area (Å²) in [6.07, 6.45) is 0. The number of rotatable bonds is 5. The first-order chi connectivity index (χ1) is 7.54. The van der Waals surface area contributed by atoms with Crippen molar-refractivity contribution in [3.8, 4) is 0 Å². The van der Waals surface area contributed by atoms with Crippen LogP contribution in [0.2, 0.25) is 5.02 Å². The van der Waals surface area contributed by atoms with E-state index in [-0.39, 0.29) is 0 Å². The third kappa shape index (κ3) is 3.48. The van der Waals surface area contributed by atoms with E-state index in [9.17, 15) is 4.79 Å². The van der Waals surface area contributed by atoms with E-state index in [0.29, 0.717) is 11.6 Å². The number of aliphatic hydroxyl groups is 1. The average Bonchev–Trinajstić information content (AvgIpc) is 2.23. The molecular formula is C11H14ClNO3. The van der Waals surface area contributed by atoms with Gasteiger partial charge in [-0.3, -0.25) is 10.1 Å². The van der Waals surface area contributed by atoms with Crippen molar-refractivity contribution in [3.05, 3.63) is 34.3 Å². The highest BCUT2D eigenvalue weighted by Crippen LogP contribution is 2.16. The average molecular weight is 244 g/mol. The Morgan fingerprint density at radius 3 is 2.75 bits per heavy atom. The molecule has 0 aliphatic carbocycles. The number of nitrogens with one attached hydrogen (secondary N) is 1. The lowest BCUT2D eigenvalue weighted by Crippen LogP contribution is -2.39. The summed E-state index contributed by atoms with van der Waals surface area (Å²) in [5.74, 6) is -1.07. The van der Waals surface area contributed by atoms with Gasteiger partial charge in [0.05, 0.1) is 6.61 Å². The SMILES string of the molecule is Cc1ccc(CN[C@@H](CO)C(=O)O)cc1Cl. The summed E-state index contributed by atoms with van der Waals surface area (Å²) in [4.78, 5) is 10.6. The van der Waals surface area contributed by atoms with Crippen molar-refractivity contribution in [2.75, 3.05) is 6.61 Å². The Balaban J connectivity index is 2.60. The molecule has 0 unspecified atom stereocenters. The molecule has 0 amide bonds. The molecule has 1 aromatic carbocycles. The van der Waals surface area contributed by atoms with E-state index in [1.165, 1.54) is 0 Å². The summed E-state index contributed by atoms with van der Waals surface area (Å²) in [5.41, 5.74) is 1.86. The number of carboxylic acid groups (broad SMARTS) is 1. The minimum atomic E-state index is -1.07. The number of hydrogen-bond donors (Lipinski definition) is 3. The molecule has 0 heterocycles. The maximum atomic E-state index is 10.6. The van der Waals surface area contributed by atoms with Gasteiger partial charge in [-0.05, 0) is 24.1 Å². The molecule has 0 radical (unpaired) electrons. The van der Waals surface area contributed by atoms with Crippen LogP contribution in [0.5, 0.6) is 0 Å². The summed E-state index contributed by atoms with van der Waals surface area (Å²) in [6, 6.07) is 4.57. The van der Waals surface area contributed by atoms with Gasteiger partial charge in [-0.25, -0.2) is 0 Å². The van der Waals surface area contributed by atoms with E-state index in [1.54, 1.807) is 6.07 Å².